The van der Waals surface area contributed by atoms with Crippen molar-refractivity contribution >= 4 is 44.9 Å². The average Bonchev–Trinajstić information content (AvgIpc) is 1.83. The molecule has 0 aliphatic heterocycles. The normalized spacial score (nSPS) is 13.3. The molecule has 0 spiro atoms. The van der Waals surface area contributed by atoms with Gasteiger partial charge in [-0.3, -0.25) is 4.18 Å². The lowest BCUT2D eigenvalue weighted by Gasteiger charge is -2.10. The van der Waals surface area contributed by atoms with Gasteiger partial charge in [0.2, 0.25) is 3.79 Å². The fourth-order valence-electron chi connectivity index (χ4n) is 0.360. The molecule has 0 aromatic heterocycles. The van der Waals surface area contributed by atoms with Crippen molar-refractivity contribution in [3.05, 3.63) is 0 Å². The van der Waals surface area contributed by atoms with Gasteiger partial charge in [0.15, 0.2) is 0 Å². The third-order valence-corrected chi connectivity index (χ3v) is 2.31. The Kier molecular flexibility index (Phi) is 5.13. The highest BCUT2D eigenvalue weighted by atomic mass is 35.6. The molecule has 4 nitrogen and oxygen atoms in total. The van der Waals surface area contributed by atoms with Crippen molar-refractivity contribution in [3.8, 4) is 0 Å². The minimum Gasteiger partial charge on any atom is -0.329 e. The van der Waals surface area contributed by atoms with Gasteiger partial charge in [-0.25, -0.2) is 0 Å². The first-order chi connectivity index (χ1) is 5.27. The lowest BCUT2D eigenvalue weighted by atomic mass is 10.8. The molecule has 8 heteroatoms. The third-order valence-electron chi connectivity index (χ3n) is 0.770. The van der Waals surface area contributed by atoms with Crippen molar-refractivity contribution in [1.29, 1.82) is 0 Å². The fraction of sp³-hybridized carbons (Fsp3) is 1.00. The summed E-state index contributed by atoms with van der Waals surface area (Å²) in [4.78, 5) is 0. The Bertz CT molecular complexity index is 222. The van der Waals surface area contributed by atoms with Crippen LogP contribution < -0.4 is 5.73 Å². The van der Waals surface area contributed by atoms with Gasteiger partial charge in [0, 0.05) is 6.54 Å². The van der Waals surface area contributed by atoms with Crippen LogP contribution in [0.2, 0.25) is 0 Å². The second-order valence-electron chi connectivity index (χ2n) is 1.93. The van der Waals surface area contributed by atoms with Crippen LogP contribution in [-0.2, 0) is 14.3 Å². The van der Waals surface area contributed by atoms with Crippen LogP contribution in [0.4, 0.5) is 0 Å². The largest absolute Gasteiger partial charge is 0.329 e. The molecule has 0 heterocycles. The quantitative estimate of drug-likeness (QED) is 0.593. The molecule has 0 aromatic rings. The van der Waals surface area contributed by atoms with Crippen LogP contribution in [0, 0.1) is 0 Å². The third kappa shape index (κ3) is 7.39. The maximum atomic E-state index is 10.8. The van der Waals surface area contributed by atoms with Crippen LogP contribution in [0.1, 0.15) is 0 Å². The Morgan fingerprint density at radius 2 is 1.83 bits per heavy atom. The van der Waals surface area contributed by atoms with Crippen LogP contribution in [0.25, 0.3) is 0 Å². The second kappa shape index (κ2) is 4.83. The van der Waals surface area contributed by atoms with E-state index in [4.69, 9.17) is 40.5 Å². The summed E-state index contributed by atoms with van der Waals surface area (Å²) in [5.41, 5.74) is 5.00. The van der Waals surface area contributed by atoms with Gasteiger partial charge in [0.05, 0.1) is 5.75 Å². The van der Waals surface area contributed by atoms with Crippen molar-refractivity contribution in [2.24, 2.45) is 5.73 Å². The first-order valence-corrected chi connectivity index (χ1v) is 5.62. The monoisotopic (exact) mass is 255 g/mol. The number of alkyl halides is 3. The molecule has 2 N–H and O–H groups in total. The Balaban J connectivity index is 3.94. The predicted molar refractivity (Wildman–Crippen MR) is 49.1 cm³/mol. The highest BCUT2D eigenvalue weighted by Crippen LogP contribution is 2.26. The van der Waals surface area contributed by atoms with Gasteiger partial charge in [-0.2, -0.15) is 8.42 Å². The topological polar surface area (TPSA) is 69.4 Å². The van der Waals surface area contributed by atoms with E-state index in [1.807, 2.05) is 0 Å². The lowest BCUT2D eigenvalue weighted by molar-refractivity contribution is 0.326. The van der Waals surface area contributed by atoms with Crippen molar-refractivity contribution in [3.63, 3.8) is 0 Å². The zero-order chi connectivity index (χ0) is 9.83. The fourth-order valence-corrected chi connectivity index (χ4v) is 1.48. The van der Waals surface area contributed by atoms with Crippen molar-refractivity contribution in [2.45, 2.75) is 3.79 Å². The van der Waals surface area contributed by atoms with Gasteiger partial charge in [-0.15, -0.1) is 0 Å². The van der Waals surface area contributed by atoms with Crippen molar-refractivity contribution in [2.75, 3.05) is 18.9 Å². The van der Waals surface area contributed by atoms with Crippen molar-refractivity contribution in [1.82, 2.24) is 0 Å². The van der Waals surface area contributed by atoms with Gasteiger partial charge in [0.1, 0.15) is 6.61 Å². The molecule has 0 unspecified atom stereocenters. The minimum atomic E-state index is -3.64. The maximum absolute atomic E-state index is 10.8. The zero-order valence-corrected chi connectivity index (χ0v) is 9.05. The Morgan fingerprint density at radius 3 is 2.17 bits per heavy atom. The SMILES string of the molecule is NCCS(=O)(=O)OCC(Cl)(Cl)Cl. The summed E-state index contributed by atoms with van der Waals surface area (Å²) < 4.78 is 24.2. The predicted octanol–water partition coefficient (Wildman–Crippen LogP) is 0.662. The molecule has 12 heavy (non-hydrogen) atoms. The summed E-state index contributed by atoms with van der Waals surface area (Å²) in [6.07, 6.45) is 0. The molecule has 0 atom stereocenters. The van der Waals surface area contributed by atoms with E-state index in [-0.39, 0.29) is 12.3 Å². The van der Waals surface area contributed by atoms with E-state index >= 15 is 0 Å². The average molecular weight is 257 g/mol. The molecule has 0 fully saturated rings. The number of hydrogen-bond acceptors (Lipinski definition) is 4. The van der Waals surface area contributed by atoms with Gasteiger partial charge in [-0.05, 0) is 0 Å². The van der Waals surface area contributed by atoms with E-state index in [2.05, 4.69) is 4.18 Å². The zero-order valence-electron chi connectivity index (χ0n) is 5.97. The molecule has 0 saturated heterocycles. The number of rotatable bonds is 4. The molecule has 0 saturated carbocycles. The number of halogens is 3. The van der Waals surface area contributed by atoms with E-state index in [0.29, 0.717) is 0 Å². The van der Waals surface area contributed by atoms with Crippen molar-refractivity contribution < 1.29 is 12.6 Å². The summed E-state index contributed by atoms with van der Waals surface area (Å²) in [6, 6.07) is 0. The maximum Gasteiger partial charge on any atom is 0.268 e. The van der Waals surface area contributed by atoms with E-state index in [9.17, 15) is 8.42 Å². The molecular formula is C4H8Cl3NO3S. The van der Waals surface area contributed by atoms with Crippen LogP contribution in [0.3, 0.4) is 0 Å². The van der Waals surface area contributed by atoms with Crippen LogP contribution >= 0.6 is 34.8 Å². The van der Waals surface area contributed by atoms with Gasteiger partial charge < -0.3 is 5.73 Å². The Hall–Kier alpha value is 0.740. The van der Waals surface area contributed by atoms with E-state index in [0.717, 1.165) is 0 Å². The molecule has 0 radical (unpaired) electrons. The van der Waals surface area contributed by atoms with Crippen LogP contribution in [-0.4, -0.2) is 31.1 Å². The molecule has 0 bridgehead atoms. The summed E-state index contributed by atoms with van der Waals surface area (Å²) in [5, 5.41) is 0. The standard InChI is InChI=1S/C4H8Cl3NO3S/c5-4(6,7)3-11-12(9,10)2-1-8/h1-3,8H2. The summed E-state index contributed by atoms with van der Waals surface area (Å²) in [5.74, 6) is -0.284. The molecule has 0 amide bonds. The second-order valence-corrected chi connectivity index (χ2v) is 6.20. The minimum absolute atomic E-state index is 0.0256. The van der Waals surface area contributed by atoms with Gasteiger partial charge >= 0.3 is 0 Å². The molecule has 0 aliphatic rings. The van der Waals surface area contributed by atoms with Gasteiger partial charge in [-0.1, -0.05) is 34.8 Å². The summed E-state index contributed by atoms with van der Waals surface area (Å²) in [6.45, 7) is -0.526. The first-order valence-electron chi connectivity index (χ1n) is 2.91. The highest BCUT2D eigenvalue weighted by molar-refractivity contribution is 7.86. The number of nitrogens with two attached hydrogens (primary N) is 1. The summed E-state index contributed by atoms with van der Waals surface area (Å²) >= 11 is 15.7. The van der Waals surface area contributed by atoms with Crippen LogP contribution in [0.5, 0.6) is 0 Å². The molecule has 0 rings (SSSR count). The van der Waals surface area contributed by atoms with E-state index in [1.54, 1.807) is 0 Å². The molecule has 74 valence electrons. The molecular weight excluding hydrogens is 248 g/mol. The Morgan fingerprint density at radius 1 is 1.33 bits per heavy atom. The lowest BCUT2D eigenvalue weighted by Crippen LogP contribution is -2.23. The first kappa shape index (κ1) is 12.7. The summed E-state index contributed by atoms with van der Waals surface area (Å²) in [7, 11) is -3.64. The highest BCUT2D eigenvalue weighted by Gasteiger charge is 2.23. The Labute approximate surface area is 86.0 Å². The van der Waals surface area contributed by atoms with Crippen LogP contribution in [0.15, 0.2) is 0 Å². The molecule has 0 aliphatic carbocycles. The van der Waals surface area contributed by atoms with E-state index < -0.39 is 20.5 Å². The number of hydrogen-bond donors (Lipinski definition) is 1. The molecule has 0 aromatic carbocycles. The smallest absolute Gasteiger partial charge is 0.268 e. The van der Waals surface area contributed by atoms with E-state index in [1.165, 1.54) is 0 Å². The van der Waals surface area contributed by atoms with Gasteiger partial charge in [0.25, 0.3) is 10.1 Å².